The summed E-state index contributed by atoms with van der Waals surface area (Å²) < 4.78 is 5.45. The zero-order valence-corrected chi connectivity index (χ0v) is 11.6. The van der Waals surface area contributed by atoms with Crippen molar-refractivity contribution in [3.63, 3.8) is 0 Å². The Morgan fingerprint density at radius 2 is 2.05 bits per heavy atom. The number of benzene rings is 1. The Balaban J connectivity index is 2.22. The molecule has 106 valence electrons. The molecular weight excluding hydrogens is 256 g/mol. The Labute approximate surface area is 117 Å². The molecule has 0 saturated heterocycles. The largest absolute Gasteiger partial charge is 0.478 e. The van der Waals surface area contributed by atoms with Gasteiger partial charge >= 0.3 is 5.97 Å². The molecule has 0 saturated carbocycles. The van der Waals surface area contributed by atoms with E-state index < -0.39 is 5.97 Å². The number of nitrogens with one attached hydrogen (secondary N) is 1. The minimum absolute atomic E-state index is 0.191. The molecule has 2 aromatic rings. The van der Waals surface area contributed by atoms with Crippen LogP contribution in [0.25, 0.3) is 10.8 Å². The van der Waals surface area contributed by atoms with Gasteiger partial charge in [0.25, 0.3) is 0 Å². The quantitative estimate of drug-likeness (QED) is 0.792. The first-order valence-electron chi connectivity index (χ1n) is 6.56. The highest BCUT2D eigenvalue weighted by atomic mass is 16.5. The summed E-state index contributed by atoms with van der Waals surface area (Å²) in [6, 6.07) is 7.34. The van der Waals surface area contributed by atoms with E-state index in [2.05, 4.69) is 10.3 Å². The van der Waals surface area contributed by atoms with Crippen LogP contribution >= 0.6 is 0 Å². The maximum Gasteiger partial charge on any atom is 0.337 e. The van der Waals surface area contributed by atoms with E-state index in [1.807, 2.05) is 32.0 Å². The van der Waals surface area contributed by atoms with Gasteiger partial charge in [-0.05, 0) is 13.8 Å². The summed E-state index contributed by atoms with van der Waals surface area (Å²) in [5.41, 5.74) is 0.213. The Morgan fingerprint density at radius 1 is 1.35 bits per heavy atom. The molecule has 1 aromatic heterocycles. The van der Waals surface area contributed by atoms with Crippen molar-refractivity contribution in [2.24, 2.45) is 0 Å². The van der Waals surface area contributed by atoms with Gasteiger partial charge in [-0.15, -0.1) is 0 Å². The van der Waals surface area contributed by atoms with Gasteiger partial charge in [0, 0.05) is 23.5 Å². The first kappa shape index (κ1) is 14.3. The van der Waals surface area contributed by atoms with Gasteiger partial charge in [-0.1, -0.05) is 24.3 Å². The lowest BCUT2D eigenvalue weighted by molar-refractivity contribution is 0.0698. The molecule has 0 radical (unpaired) electrons. The van der Waals surface area contributed by atoms with Crippen molar-refractivity contribution in [3.8, 4) is 0 Å². The van der Waals surface area contributed by atoms with Crippen LogP contribution in [0, 0.1) is 0 Å². The van der Waals surface area contributed by atoms with E-state index in [0.29, 0.717) is 24.4 Å². The zero-order valence-electron chi connectivity index (χ0n) is 11.6. The van der Waals surface area contributed by atoms with Crippen molar-refractivity contribution in [3.05, 3.63) is 36.0 Å². The molecule has 0 unspecified atom stereocenters. The lowest BCUT2D eigenvalue weighted by Crippen LogP contribution is -2.14. The van der Waals surface area contributed by atoms with Gasteiger partial charge in [0.1, 0.15) is 5.82 Å². The van der Waals surface area contributed by atoms with E-state index in [0.717, 1.165) is 5.39 Å². The fourth-order valence-electron chi connectivity index (χ4n) is 1.97. The highest BCUT2D eigenvalue weighted by Crippen LogP contribution is 2.24. The highest BCUT2D eigenvalue weighted by molar-refractivity contribution is 6.06. The lowest BCUT2D eigenvalue weighted by Gasteiger charge is -2.11. The Bertz CT molecular complexity index is 611. The molecule has 5 nitrogen and oxygen atoms in total. The van der Waals surface area contributed by atoms with Crippen molar-refractivity contribution in [1.82, 2.24) is 4.98 Å². The number of hydrogen-bond acceptors (Lipinski definition) is 4. The van der Waals surface area contributed by atoms with E-state index in [1.165, 1.54) is 6.20 Å². The number of rotatable bonds is 6. The third-order valence-electron chi connectivity index (χ3n) is 2.87. The fourth-order valence-corrected chi connectivity index (χ4v) is 1.97. The number of aromatic carboxylic acids is 1. The predicted molar refractivity (Wildman–Crippen MR) is 78.3 cm³/mol. The number of anilines is 1. The second kappa shape index (κ2) is 6.34. The van der Waals surface area contributed by atoms with Crippen LogP contribution in [0.2, 0.25) is 0 Å². The molecule has 0 fully saturated rings. The summed E-state index contributed by atoms with van der Waals surface area (Å²) in [4.78, 5) is 15.4. The van der Waals surface area contributed by atoms with Crippen molar-refractivity contribution < 1.29 is 14.6 Å². The Morgan fingerprint density at radius 3 is 2.70 bits per heavy atom. The van der Waals surface area contributed by atoms with E-state index in [9.17, 15) is 4.79 Å². The van der Waals surface area contributed by atoms with Crippen LogP contribution in [-0.4, -0.2) is 35.3 Å². The minimum Gasteiger partial charge on any atom is -0.478 e. The number of ether oxygens (including phenoxy) is 1. The molecule has 2 N–H and O–H groups in total. The number of carboxylic acids is 1. The van der Waals surface area contributed by atoms with Gasteiger partial charge in [0.2, 0.25) is 0 Å². The molecule has 0 aliphatic heterocycles. The number of nitrogens with zero attached hydrogens (tertiary/aromatic N) is 1. The highest BCUT2D eigenvalue weighted by Gasteiger charge is 2.11. The van der Waals surface area contributed by atoms with Crippen molar-refractivity contribution in [1.29, 1.82) is 0 Å². The zero-order chi connectivity index (χ0) is 14.5. The van der Waals surface area contributed by atoms with E-state index in [4.69, 9.17) is 9.84 Å². The molecule has 1 heterocycles. The monoisotopic (exact) mass is 274 g/mol. The molecule has 2 rings (SSSR count). The van der Waals surface area contributed by atoms with Gasteiger partial charge < -0.3 is 15.2 Å². The maximum absolute atomic E-state index is 11.2. The average molecular weight is 274 g/mol. The Kier molecular flexibility index (Phi) is 4.53. The van der Waals surface area contributed by atoms with Crippen LogP contribution in [0.4, 0.5) is 5.82 Å². The summed E-state index contributed by atoms with van der Waals surface area (Å²) in [6.45, 7) is 5.17. The van der Waals surface area contributed by atoms with Crippen LogP contribution < -0.4 is 5.32 Å². The molecule has 0 amide bonds. The van der Waals surface area contributed by atoms with Gasteiger partial charge in [0.15, 0.2) is 0 Å². The molecule has 0 atom stereocenters. The molecule has 0 aliphatic carbocycles. The van der Waals surface area contributed by atoms with Crippen LogP contribution in [-0.2, 0) is 4.74 Å². The van der Waals surface area contributed by atoms with Crippen molar-refractivity contribution >= 4 is 22.6 Å². The predicted octanol–water partition coefficient (Wildman–Crippen LogP) is 2.77. The van der Waals surface area contributed by atoms with Crippen LogP contribution in [0.1, 0.15) is 24.2 Å². The number of pyridine rings is 1. The van der Waals surface area contributed by atoms with Crippen LogP contribution in [0.3, 0.4) is 0 Å². The molecule has 0 bridgehead atoms. The molecule has 20 heavy (non-hydrogen) atoms. The van der Waals surface area contributed by atoms with E-state index in [-0.39, 0.29) is 11.7 Å². The first-order chi connectivity index (χ1) is 9.59. The summed E-state index contributed by atoms with van der Waals surface area (Å²) in [7, 11) is 0. The molecule has 0 spiro atoms. The molecular formula is C15H18N2O3. The number of carboxylic acid groups (broad SMARTS) is 1. The smallest absolute Gasteiger partial charge is 0.337 e. The SMILES string of the molecule is CC(C)OCCNc1ncc(C(=O)O)c2ccccc12. The van der Waals surface area contributed by atoms with Gasteiger partial charge in [-0.3, -0.25) is 0 Å². The standard InChI is InChI=1S/C15H18N2O3/c1-10(2)20-8-7-16-14-12-6-4-3-5-11(12)13(9-17-14)15(18)19/h3-6,9-10H,7-8H2,1-2H3,(H,16,17)(H,18,19). The van der Waals surface area contributed by atoms with Gasteiger partial charge in [0.05, 0.1) is 18.3 Å². The fraction of sp³-hybridized carbons (Fsp3) is 0.333. The summed E-state index contributed by atoms with van der Waals surface area (Å²) >= 11 is 0. The van der Waals surface area contributed by atoms with Gasteiger partial charge in [-0.25, -0.2) is 9.78 Å². The molecule has 5 heteroatoms. The second-order valence-corrected chi connectivity index (χ2v) is 4.72. The lowest BCUT2D eigenvalue weighted by atomic mass is 10.1. The summed E-state index contributed by atoms with van der Waals surface area (Å²) in [5.74, 6) is -0.290. The number of carbonyl (C=O) groups is 1. The number of aromatic nitrogens is 1. The Hall–Kier alpha value is -2.14. The minimum atomic E-state index is -0.969. The summed E-state index contributed by atoms with van der Waals surface area (Å²) in [6.07, 6.45) is 1.58. The molecule has 0 aliphatic rings. The van der Waals surface area contributed by atoms with Crippen LogP contribution in [0.5, 0.6) is 0 Å². The first-order valence-corrected chi connectivity index (χ1v) is 6.56. The molecule has 1 aromatic carbocycles. The second-order valence-electron chi connectivity index (χ2n) is 4.72. The topological polar surface area (TPSA) is 71.5 Å². The van der Waals surface area contributed by atoms with E-state index in [1.54, 1.807) is 6.07 Å². The maximum atomic E-state index is 11.2. The average Bonchev–Trinajstić information content (AvgIpc) is 2.43. The number of hydrogen-bond donors (Lipinski definition) is 2. The van der Waals surface area contributed by atoms with Crippen molar-refractivity contribution in [2.75, 3.05) is 18.5 Å². The van der Waals surface area contributed by atoms with E-state index >= 15 is 0 Å². The summed E-state index contributed by atoms with van der Waals surface area (Å²) in [5, 5.41) is 13.8. The number of fused-ring (bicyclic) bond motifs is 1. The van der Waals surface area contributed by atoms with Crippen molar-refractivity contribution in [2.45, 2.75) is 20.0 Å². The normalized spacial score (nSPS) is 10.9. The third-order valence-corrected chi connectivity index (χ3v) is 2.87. The van der Waals surface area contributed by atoms with Crippen LogP contribution in [0.15, 0.2) is 30.5 Å². The van der Waals surface area contributed by atoms with Gasteiger partial charge in [-0.2, -0.15) is 0 Å². The third kappa shape index (κ3) is 3.24.